The molecule has 0 aliphatic rings. The maximum Gasteiger partial charge on any atom is 0.251 e. The van der Waals surface area contributed by atoms with Crippen molar-refractivity contribution in [2.45, 2.75) is 33.7 Å². The molecule has 0 saturated carbocycles. The molecule has 0 saturated heterocycles. The molecule has 3 amide bonds. The van der Waals surface area contributed by atoms with Crippen LogP contribution in [0.25, 0.3) is 0 Å². The second kappa shape index (κ2) is 10.2. The van der Waals surface area contributed by atoms with Crippen LogP contribution in [0.2, 0.25) is 5.02 Å². The van der Waals surface area contributed by atoms with Gasteiger partial charge in [0.2, 0.25) is 11.8 Å². The minimum atomic E-state index is -0.715. The SMILES string of the molecule is CCN(CC)C(=O)CN(C)C(=O)C(NC(=O)c1ccc(Cl)cc1)C(C)C. The van der Waals surface area contributed by atoms with E-state index in [-0.39, 0.29) is 30.2 Å². The average Bonchev–Trinajstić information content (AvgIpc) is 2.60. The number of nitrogens with zero attached hydrogens (tertiary/aromatic N) is 2. The Balaban J connectivity index is 2.81. The summed E-state index contributed by atoms with van der Waals surface area (Å²) in [4.78, 5) is 40.4. The molecule has 0 aliphatic carbocycles. The van der Waals surface area contributed by atoms with Gasteiger partial charge >= 0.3 is 0 Å². The van der Waals surface area contributed by atoms with Crippen molar-refractivity contribution in [2.24, 2.45) is 5.92 Å². The average molecular weight is 382 g/mol. The van der Waals surface area contributed by atoms with E-state index in [1.54, 1.807) is 36.2 Å². The summed E-state index contributed by atoms with van der Waals surface area (Å²) in [5.41, 5.74) is 0.426. The maximum absolute atomic E-state index is 12.8. The lowest BCUT2D eigenvalue weighted by Crippen LogP contribution is -2.52. The second-order valence-corrected chi connectivity index (χ2v) is 6.90. The first-order valence-electron chi connectivity index (χ1n) is 8.80. The Hall–Kier alpha value is -2.08. The van der Waals surface area contributed by atoms with Crippen molar-refractivity contribution in [3.05, 3.63) is 34.9 Å². The Morgan fingerprint density at radius 2 is 1.62 bits per heavy atom. The first kappa shape index (κ1) is 22.0. The van der Waals surface area contributed by atoms with Crippen LogP contribution < -0.4 is 5.32 Å². The molecular weight excluding hydrogens is 354 g/mol. The lowest BCUT2D eigenvalue weighted by Gasteiger charge is -2.28. The fourth-order valence-corrected chi connectivity index (χ4v) is 2.66. The summed E-state index contributed by atoms with van der Waals surface area (Å²) >= 11 is 5.83. The zero-order valence-corrected chi connectivity index (χ0v) is 16.8. The van der Waals surface area contributed by atoms with E-state index in [1.807, 2.05) is 27.7 Å². The number of benzene rings is 1. The van der Waals surface area contributed by atoms with Crippen molar-refractivity contribution in [2.75, 3.05) is 26.7 Å². The highest BCUT2D eigenvalue weighted by Gasteiger charge is 2.28. The van der Waals surface area contributed by atoms with Gasteiger partial charge in [0.1, 0.15) is 6.04 Å². The number of amides is 3. The summed E-state index contributed by atoms with van der Waals surface area (Å²) in [5, 5.41) is 3.30. The minimum absolute atomic E-state index is 0.0133. The molecule has 144 valence electrons. The van der Waals surface area contributed by atoms with Crippen LogP contribution in [-0.2, 0) is 9.59 Å². The van der Waals surface area contributed by atoms with Gasteiger partial charge in [-0.05, 0) is 44.0 Å². The predicted octanol–water partition coefficient (Wildman–Crippen LogP) is 2.42. The fourth-order valence-electron chi connectivity index (χ4n) is 2.53. The van der Waals surface area contributed by atoms with Crippen molar-refractivity contribution < 1.29 is 14.4 Å². The van der Waals surface area contributed by atoms with Crippen LogP contribution >= 0.6 is 11.6 Å². The molecule has 26 heavy (non-hydrogen) atoms. The third kappa shape index (κ3) is 6.02. The van der Waals surface area contributed by atoms with Gasteiger partial charge in [-0.25, -0.2) is 0 Å². The van der Waals surface area contributed by atoms with Crippen LogP contribution in [0.1, 0.15) is 38.1 Å². The molecule has 0 heterocycles. The Kier molecular flexibility index (Phi) is 8.58. The highest BCUT2D eigenvalue weighted by Crippen LogP contribution is 2.11. The van der Waals surface area contributed by atoms with E-state index in [2.05, 4.69) is 5.32 Å². The Bertz CT molecular complexity index is 627. The number of carbonyl (C=O) groups excluding carboxylic acids is 3. The van der Waals surface area contributed by atoms with Crippen LogP contribution in [0, 0.1) is 5.92 Å². The smallest absolute Gasteiger partial charge is 0.251 e. The predicted molar refractivity (Wildman–Crippen MR) is 103 cm³/mol. The normalized spacial score (nSPS) is 11.8. The zero-order valence-electron chi connectivity index (χ0n) is 16.1. The van der Waals surface area contributed by atoms with E-state index in [1.165, 1.54) is 4.90 Å². The highest BCUT2D eigenvalue weighted by atomic mass is 35.5. The van der Waals surface area contributed by atoms with Crippen LogP contribution in [-0.4, -0.2) is 60.2 Å². The molecule has 0 spiro atoms. The number of hydrogen-bond acceptors (Lipinski definition) is 3. The first-order chi connectivity index (χ1) is 12.2. The lowest BCUT2D eigenvalue weighted by molar-refractivity contribution is -0.140. The molecular formula is C19H28ClN3O3. The molecule has 1 atom stereocenters. The number of nitrogens with one attached hydrogen (secondary N) is 1. The third-order valence-electron chi connectivity index (χ3n) is 4.19. The molecule has 1 rings (SSSR count). The summed E-state index contributed by atoms with van der Waals surface area (Å²) in [5.74, 6) is -0.873. The second-order valence-electron chi connectivity index (χ2n) is 6.46. The van der Waals surface area contributed by atoms with Gasteiger partial charge in [0.25, 0.3) is 5.91 Å². The molecule has 0 fully saturated rings. The van der Waals surface area contributed by atoms with E-state index in [4.69, 9.17) is 11.6 Å². The molecule has 0 aliphatic heterocycles. The maximum atomic E-state index is 12.8. The summed E-state index contributed by atoms with van der Waals surface area (Å²) in [6, 6.07) is 5.74. The lowest BCUT2D eigenvalue weighted by atomic mass is 10.0. The van der Waals surface area contributed by atoms with Crippen LogP contribution in [0.5, 0.6) is 0 Å². The molecule has 0 aromatic heterocycles. The van der Waals surface area contributed by atoms with Crippen LogP contribution in [0.15, 0.2) is 24.3 Å². The van der Waals surface area contributed by atoms with E-state index in [9.17, 15) is 14.4 Å². The molecule has 1 unspecified atom stereocenters. The molecule has 1 aromatic rings. The largest absolute Gasteiger partial charge is 0.342 e. The van der Waals surface area contributed by atoms with Gasteiger partial charge in [-0.2, -0.15) is 0 Å². The first-order valence-corrected chi connectivity index (χ1v) is 9.18. The number of rotatable bonds is 8. The Morgan fingerprint density at radius 3 is 2.08 bits per heavy atom. The van der Waals surface area contributed by atoms with Gasteiger partial charge in [-0.3, -0.25) is 14.4 Å². The van der Waals surface area contributed by atoms with Crippen LogP contribution in [0.4, 0.5) is 0 Å². The number of hydrogen-bond donors (Lipinski definition) is 1. The Morgan fingerprint density at radius 1 is 1.08 bits per heavy atom. The molecule has 1 aromatic carbocycles. The van der Waals surface area contributed by atoms with Gasteiger partial charge < -0.3 is 15.1 Å². The summed E-state index contributed by atoms with van der Waals surface area (Å²) in [6.07, 6.45) is 0. The van der Waals surface area contributed by atoms with Gasteiger partial charge in [0.15, 0.2) is 0 Å². The quantitative estimate of drug-likeness (QED) is 0.751. The highest BCUT2D eigenvalue weighted by molar-refractivity contribution is 6.30. The molecule has 0 bridgehead atoms. The fraction of sp³-hybridized carbons (Fsp3) is 0.526. The van der Waals surface area contributed by atoms with Gasteiger partial charge in [-0.1, -0.05) is 25.4 Å². The number of likely N-dealkylation sites (N-methyl/N-ethyl adjacent to an activating group) is 2. The van der Waals surface area contributed by atoms with E-state index < -0.39 is 6.04 Å². The summed E-state index contributed by atoms with van der Waals surface area (Å²) in [7, 11) is 1.58. The number of halogens is 1. The summed E-state index contributed by atoms with van der Waals surface area (Å²) < 4.78 is 0. The Labute approximate surface area is 160 Å². The van der Waals surface area contributed by atoms with Gasteiger partial charge in [0, 0.05) is 30.7 Å². The topological polar surface area (TPSA) is 69.7 Å². The number of carbonyl (C=O) groups is 3. The minimum Gasteiger partial charge on any atom is -0.342 e. The third-order valence-corrected chi connectivity index (χ3v) is 4.44. The van der Waals surface area contributed by atoms with Crippen molar-refractivity contribution >= 4 is 29.3 Å². The van der Waals surface area contributed by atoms with E-state index in [0.29, 0.717) is 23.7 Å². The molecule has 1 N–H and O–H groups in total. The van der Waals surface area contributed by atoms with E-state index >= 15 is 0 Å². The van der Waals surface area contributed by atoms with Crippen molar-refractivity contribution in [3.63, 3.8) is 0 Å². The molecule has 0 radical (unpaired) electrons. The van der Waals surface area contributed by atoms with Crippen LogP contribution in [0.3, 0.4) is 0 Å². The molecule has 7 heteroatoms. The van der Waals surface area contributed by atoms with Crippen molar-refractivity contribution in [1.82, 2.24) is 15.1 Å². The zero-order chi connectivity index (χ0) is 19.9. The van der Waals surface area contributed by atoms with Gasteiger partial charge in [0.05, 0.1) is 6.54 Å². The standard InChI is InChI=1S/C19H28ClN3O3/c1-6-23(7-2)16(24)12-22(5)19(26)17(13(3)4)21-18(25)14-8-10-15(20)11-9-14/h8-11,13,17H,6-7,12H2,1-5H3,(H,21,25). The van der Waals surface area contributed by atoms with Crippen molar-refractivity contribution in [1.29, 1.82) is 0 Å². The van der Waals surface area contributed by atoms with Gasteiger partial charge in [-0.15, -0.1) is 0 Å². The van der Waals surface area contributed by atoms with Crippen molar-refractivity contribution in [3.8, 4) is 0 Å². The monoisotopic (exact) mass is 381 g/mol. The van der Waals surface area contributed by atoms with E-state index in [0.717, 1.165) is 0 Å². The summed E-state index contributed by atoms with van der Waals surface area (Å²) in [6.45, 7) is 8.67. The molecule has 6 nitrogen and oxygen atoms in total.